The molecule has 0 fully saturated rings. The van der Waals surface area contributed by atoms with Crippen LogP contribution in [-0.4, -0.2) is 27.9 Å². The number of hydrogen-bond donors (Lipinski definition) is 2. The Labute approximate surface area is 120 Å². The highest BCUT2D eigenvalue weighted by atomic mass is 16.4. The van der Waals surface area contributed by atoms with Gasteiger partial charge in [0.05, 0.1) is 16.8 Å². The maximum atomic E-state index is 12.4. The molecule has 2 heterocycles. The predicted octanol–water partition coefficient (Wildman–Crippen LogP) is 2.13. The topological polar surface area (TPSA) is 90.5 Å². The number of fused-ring (bicyclic) bond motifs is 1. The number of aryl methyl sites for hydroxylation is 2. The Kier molecular flexibility index (Phi) is 2.69. The largest absolute Gasteiger partial charge is 0.477 e. The van der Waals surface area contributed by atoms with E-state index in [0.717, 1.165) is 10.5 Å². The van der Waals surface area contributed by atoms with Crippen molar-refractivity contribution in [2.45, 2.75) is 13.8 Å². The second-order valence-corrected chi connectivity index (χ2v) is 5.01. The fourth-order valence-corrected chi connectivity index (χ4v) is 2.49. The highest BCUT2D eigenvalue weighted by Crippen LogP contribution is 2.31. The van der Waals surface area contributed by atoms with Crippen molar-refractivity contribution in [2.24, 2.45) is 0 Å². The van der Waals surface area contributed by atoms with E-state index in [1.54, 1.807) is 25.1 Å². The second kappa shape index (κ2) is 4.31. The van der Waals surface area contributed by atoms with E-state index < -0.39 is 17.8 Å². The molecule has 0 spiro atoms. The van der Waals surface area contributed by atoms with Crippen LogP contribution in [0.3, 0.4) is 0 Å². The van der Waals surface area contributed by atoms with Gasteiger partial charge in [-0.05, 0) is 32.0 Å². The van der Waals surface area contributed by atoms with E-state index >= 15 is 0 Å². The molecule has 6 nitrogen and oxygen atoms in total. The van der Waals surface area contributed by atoms with Crippen molar-refractivity contribution in [3.05, 3.63) is 52.3 Å². The number of nitrogens with zero attached hydrogens (tertiary/aromatic N) is 1. The summed E-state index contributed by atoms with van der Waals surface area (Å²) in [5, 5.41) is 9.19. The molecular weight excluding hydrogens is 272 g/mol. The van der Waals surface area contributed by atoms with Gasteiger partial charge in [-0.2, -0.15) is 0 Å². The van der Waals surface area contributed by atoms with Gasteiger partial charge in [-0.3, -0.25) is 9.59 Å². The van der Waals surface area contributed by atoms with Crippen LogP contribution in [-0.2, 0) is 0 Å². The summed E-state index contributed by atoms with van der Waals surface area (Å²) in [6.45, 7) is 3.49. The molecule has 1 aromatic carbocycles. The van der Waals surface area contributed by atoms with Gasteiger partial charge in [0, 0.05) is 5.69 Å². The van der Waals surface area contributed by atoms with Crippen molar-refractivity contribution in [3.63, 3.8) is 0 Å². The molecule has 0 aliphatic carbocycles. The summed E-state index contributed by atoms with van der Waals surface area (Å²) < 4.78 is 0. The Bertz CT molecular complexity index is 804. The highest BCUT2D eigenvalue weighted by molar-refractivity contribution is 6.35. The van der Waals surface area contributed by atoms with E-state index in [2.05, 4.69) is 4.98 Å². The summed E-state index contributed by atoms with van der Waals surface area (Å²) in [6, 6.07) is 6.45. The molecule has 0 saturated carbocycles. The van der Waals surface area contributed by atoms with E-state index in [1.165, 1.54) is 6.07 Å². The van der Waals surface area contributed by atoms with Gasteiger partial charge in [-0.1, -0.05) is 11.6 Å². The minimum absolute atomic E-state index is 0.0730. The zero-order valence-corrected chi connectivity index (χ0v) is 11.4. The van der Waals surface area contributed by atoms with Crippen LogP contribution >= 0.6 is 0 Å². The molecule has 0 radical (unpaired) electrons. The molecule has 106 valence electrons. The smallest absolute Gasteiger partial charge is 0.354 e. The number of amides is 2. The number of aromatic nitrogens is 1. The summed E-state index contributed by atoms with van der Waals surface area (Å²) in [5.74, 6) is -2.22. The number of rotatable bonds is 2. The Morgan fingerprint density at radius 2 is 1.76 bits per heavy atom. The number of imide groups is 1. The number of carbonyl (C=O) groups excluding carboxylic acids is 2. The summed E-state index contributed by atoms with van der Waals surface area (Å²) in [5.41, 5.74) is 1.93. The molecule has 2 aromatic rings. The third kappa shape index (κ3) is 1.84. The number of aromatic amines is 1. The fraction of sp³-hybridized carbons (Fsp3) is 0.133. The summed E-state index contributed by atoms with van der Waals surface area (Å²) >= 11 is 0. The Balaban J connectivity index is 2.16. The van der Waals surface area contributed by atoms with Crippen LogP contribution in [0.25, 0.3) is 0 Å². The number of benzene rings is 1. The maximum Gasteiger partial charge on any atom is 0.354 e. The van der Waals surface area contributed by atoms with Gasteiger partial charge in [0.1, 0.15) is 5.69 Å². The zero-order chi connectivity index (χ0) is 15.3. The molecule has 2 N–H and O–H groups in total. The number of nitrogens with one attached hydrogen (secondary N) is 1. The van der Waals surface area contributed by atoms with Crippen molar-refractivity contribution in [1.82, 2.24) is 4.98 Å². The average molecular weight is 284 g/mol. The number of H-pyrrole nitrogens is 1. The summed E-state index contributed by atoms with van der Waals surface area (Å²) in [7, 11) is 0. The van der Waals surface area contributed by atoms with E-state index in [4.69, 9.17) is 0 Å². The Morgan fingerprint density at radius 1 is 1.10 bits per heavy atom. The predicted molar refractivity (Wildman–Crippen MR) is 74.8 cm³/mol. The van der Waals surface area contributed by atoms with Crippen LogP contribution in [0.5, 0.6) is 0 Å². The molecule has 21 heavy (non-hydrogen) atoms. The van der Waals surface area contributed by atoms with Crippen LogP contribution in [0.1, 0.15) is 42.5 Å². The van der Waals surface area contributed by atoms with Gasteiger partial charge in [0.25, 0.3) is 11.8 Å². The number of carbonyl (C=O) groups is 3. The molecule has 1 aromatic heterocycles. The third-order valence-corrected chi connectivity index (χ3v) is 3.43. The monoisotopic (exact) mass is 284 g/mol. The molecule has 1 aliphatic rings. The Morgan fingerprint density at radius 3 is 2.43 bits per heavy atom. The van der Waals surface area contributed by atoms with Crippen molar-refractivity contribution in [2.75, 3.05) is 4.90 Å². The second-order valence-electron chi connectivity index (χ2n) is 5.01. The molecular formula is C15H12N2O4. The number of carboxylic acids is 1. The summed E-state index contributed by atoms with van der Waals surface area (Å²) in [4.78, 5) is 39.7. The zero-order valence-electron chi connectivity index (χ0n) is 11.4. The van der Waals surface area contributed by atoms with Crippen molar-refractivity contribution in [3.8, 4) is 0 Å². The maximum absolute atomic E-state index is 12.4. The van der Waals surface area contributed by atoms with Crippen molar-refractivity contribution < 1.29 is 19.5 Å². The average Bonchev–Trinajstić information content (AvgIpc) is 2.90. The van der Waals surface area contributed by atoms with Gasteiger partial charge < -0.3 is 10.1 Å². The number of hydrogen-bond acceptors (Lipinski definition) is 3. The molecule has 1 aliphatic heterocycles. The van der Waals surface area contributed by atoms with E-state index in [1.807, 2.05) is 6.92 Å². The van der Waals surface area contributed by atoms with Gasteiger partial charge in [-0.25, -0.2) is 9.69 Å². The Hall–Kier alpha value is -2.89. The van der Waals surface area contributed by atoms with Gasteiger partial charge >= 0.3 is 5.97 Å². The van der Waals surface area contributed by atoms with E-state index in [9.17, 15) is 19.5 Å². The molecule has 0 saturated heterocycles. The summed E-state index contributed by atoms with van der Waals surface area (Å²) in [6.07, 6.45) is 0. The van der Waals surface area contributed by atoms with Crippen LogP contribution in [0, 0.1) is 13.8 Å². The van der Waals surface area contributed by atoms with Crippen molar-refractivity contribution in [1.29, 1.82) is 0 Å². The van der Waals surface area contributed by atoms with Crippen LogP contribution < -0.4 is 4.90 Å². The molecule has 3 rings (SSSR count). The van der Waals surface area contributed by atoms with E-state index in [-0.39, 0.29) is 11.4 Å². The lowest BCUT2D eigenvalue weighted by molar-refractivity contribution is 0.0692. The first-order chi connectivity index (χ1) is 9.90. The van der Waals surface area contributed by atoms with Gasteiger partial charge in [-0.15, -0.1) is 0 Å². The first-order valence-electron chi connectivity index (χ1n) is 6.32. The minimum Gasteiger partial charge on any atom is -0.477 e. The molecule has 0 bridgehead atoms. The normalized spacial score (nSPS) is 13.7. The number of aromatic carboxylic acids is 1. The molecule has 0 atom stereocenters. The first kappa shape index (κ1) is 13.1. The third-order valence-electron chi connectivity index (χ3n) is 3.43. The van der Waals surface area contributed by atoms with Crippen LogP contribution in [0.2, 0.25) is 0 Å². The van der Waals surface area contributed by atoms with Crippen molar-refractivity contribution >= 4 is 23.5 Å². The minimum atomic E-state index is -1.22. The van der Waals surface area contributed by atoms with Crippen LogP contribution in [0.4, 0.5) is 5.69 Å². The lowest BCUT2D eigenvalue weighted by Gasteiger charge is -2.12. The lowest BCUT2D eigenvalue weighted by Crippen LogP contribution is -2.30. The fourth-order valence-electron chi connectivity index (χ4n) is 2.49. The molecule has 2 amide bonds. The molecule has 0 unspecified atom stereocenters. The SMILES string of the molecule is Cc1ccc2c(c1)C(=O)N(c1cc(C)[nH]c1C(=O)O)C2=O. The van der Waals surface area contributed by atoms with Gasteiger partial charge in [0.2, 0.25) is 0 Å². The first-order valence-corrected chi connectivity index (χ1v) is 6.32. The highest BCUT2D eigenvalue weighted by Gasteiger charge is 2.39. The van der Waals surface area contributed by atoms with Gasteiger partial charge in [0.15, 0.2) is 0 Å². The number of carboxylic acid groups (broad SMARTS) is 1. The lowest BCUT2D eigenvalue weighted by atomic mass is 10.1. The molecule has 6 heteroatoms. The number of anilines is 1. The quantitative estimate of drug-likeness (QED) is 0.826. The standard InChI is InChI=1S/C15H12N2O4/c1-7-3-4-9-10(5-7)14(19)17(13(9)18)11-6-8(2)16-12(11)15(20)21/h3-6,16H,1-2H3,(H,20,21). The van der Waals surface area contributed by atoms with Crippen LogP contribution in [0.15, 0.2) is 24.3 Å². The van der Waals surface area contributed by atoms with E-state index in [0.29, 0.717) is 16.8 Å².